The van der Waals surface area contributed by atoms with E-state index in [0.29, 0.717) is 34.3 Å². The summed E-state index contributed by atoms with van der Waals surface area (Å²) in [5, 5.41) is 13.8. The Kier molecular flexibility index (Phi) is 6.35. The van der Waals surface area contributed by atoms with E-state index in [1.54, 1.807) is 19.2 Å². The highest BCUT2D eigenvalue weighted by atomic mass is 35.5. The third kappa shape index (κ3) is 4.36. The second kappa shape index (κ2) is 8.42. The van der Waals surface area contributed by atoms with Gasteiger partial charge in [-0.25, -0.2) is 0 Å². The quantitative estimate of drug-likeness (QED) is 0.709. The third-order valence-electron chi connectivity index (χ3n) is 5.20. The van der Waals surface area contributed by atoms with Crippen LogP contribution in [-0.2, 0) is 0 Å². The molecular formula is C22H25Cl2NO3. The van der Waals surface area contributed by atoms with Gasteiger partial charge in [0, 0.05) is 23.4 Å². The van der Waals surface area contributed by atoms with E-state index in [4.69, 9.17) is 27.9 Å². The number of ketones is 1. The Morgan fingerprint density at radius 2 is 1.96 bits per heavy atom. The topological polar surface area (TPSA) is 58.6 Å². The molecule has 0 radical (unpaired) electrons. The maximum atomic E-state index is 13.1. The number of aliphatic hydroxyl groups is 1. The van der Waals surface area contributed by atoms with E-state index in [0.717, 1.165) is 11.1 Å². The summed E-state index contributed by atoms with van der Waals surface area (Å²) < 4.78 is 5.70. The van der Waals surface area contributed by atoms with Crippen LogP contribution in [-0.4, -0.2) is 37.2 Å². The molecule has 3 rings (SSSR count). The number of carbonyl (C=O) groups excluding carboxylic acids is 1. The van der Waals surface area contributed by atoms with Crippen LogP contribution < -0.4 is 10.1 Å². The number of carbonyl (C=O) groups is 1. The first-order chi connectivity index (χ1) is 13.2. The molecule has 28 heavy (non-hydrogen) atoms. The zero-order valence-corrected chi connectivity index (χ0v) is 17.8. The van der Waals surface area contributed by atoms with Crippen LogP contribution in [0.25, 0.3) is 0 Å². The van der Waals surface area contributed by atoms with Crippen molar-refractivity contribution in [3.63, 3.8) is 0 Å². The van der Waals surface area contributed by atoms with Crippen LogP contribution in [0.15, 0.2) is 36.4 Å². The van der Waals surface area contributed by atoms with Gasteiger partial charge in [-0.05, 0) is 48.9 Å². The summed E-state index contributed by atoms with van der Waals surface area (Å²) in [6.45, 7) is 4.53. The number of Topliss-reactive ketones (excluding diaryl/α,β-unsaturated/α-hetero) is 1. The number of fused-ring (bicyclic) bond motifs is 1. The molecule has 0 saturated heterocycles. The summed E-state index contributed by atoms with van der Waals surface area (Å²) in [5.74, 6) is 0.717. The predicted molar refractivity (Wildman–Crippen MR) is 113 cm³/mol. The van der Waals surface area contributed by atoms with Crippen molar-refractivity contribution in [2.24, 2.45) is 5.41 Å². The molecule has 0 aliphatic heterocycles. The van der Waals surface area contributed by atoms with Gasteiger partial charge in [-0.15, -0.1) is 0 Å². The molecule has 2 unspecified atom stereocenters. The van der Waals surface area contributed by atoms with Gasteiger partial charge in [-0.1, -0.05) is 49.2 Å². The molecule has 6 heteroatoms. The molecule has 0 bridgehead atoms. The van der Waals surface area contributed by atoms with E-state index in [-0.39, 0.29) is 18.3 Å². The molecule has 4 nitrogen and oxygen atoms in total. The van der Waals surface area contributed by atoms with Crippen molar-refractivity contribution in [3.8, 4) is 5.75 Å². The Bertz CT molecular complexity index is 882. The minimum absolute atomic E-state index is 0.0430. The van der Waals surface area contributed by atoms with Gasteiger partial charge in [-0.2, -0.15) is 0 Å². The fraction of sp³-hybridized carbons (Fsp3) is 0.409. The van der Waals surface area contributed by atoms with Crippen molar-refractivity contribution in [1.29, 1.82) is 0 Å². The van der Waals surface area contributed by atoms with E-state index >= 15 is 0 Å². The van der Waals surface area contributed by atoms with E-state index < -0.39 is 11.5 Å². The van der Waals surface area contributed by atoms with Crippen LogP contribution in [0.1, 0.15) is 47.7 Å². The molecule has 2 aromatic rings. The molecule has 0 aromatic heterocycles. The average Bonchev–Trinajstić information content (AvgIpc) is 2.65. The standard InChI is InChI=1S/C22H25Cl2NO3/c1-22(2)10-18(13-4-7-19(23)20(24)8-13)16-6-5-15(9-17(16)21(22)27)28-12-14(26)11-25-3/h4-9,14,18,25-26H,10-12H2,1-3H3. The molecule has 2 N–H and O–H groups in total. The fourth-order valence-corrected chi connectivity index (χ4v) is 4.02. The average molecular weight is 422 g/mol. The Morgan fingerprint density at radius 3 is 2.64 bits per heavy atom. The molecule has 0 fully saturated rings. The largest absolute Gasteiger partial charge is 0.491 e. The van der Waals surface area contributed by atoms with Crippen molar-refractivity contribution in [1.82, 2.24) is 5.32 Å². The molecular weight excluding hydrogens is 397 g/mol. The maximum absolute atomic E-state index is 13.1. The molecule has 150 valence electrons. The Balaban J connectivity index is 1.96. The van der Waals surface area contributed by atoms with Crippen LogP contribution in [0.2, 0.25) is 10.0 Å². The van der Waals surface area contributed by atoms with Crippen LogP contribution in [0.5, 0.6) is 5.75 Å². The van der Waals surface area contributed by atoms with Gasteiger partial charge >= 0.3 is 0 Å². The van der Waals surface area contributed by atoms with Crippen molar-refractivity contribution in [2.75, 3.05) is 20.2 Å². The van der Waals surface area contributed by atoms with Crippen LogP contribution in [0, 0.1) is 5.41 Å². The predicted octanol–water partition coefficient (Wildman–Crippen LogP) is 4.70. The number of aliphatic hydroxyl groups excluding tert-OH is 1. The molecule has 0 spiro atoms. The van der Waals surface area contributed by atoms with Gasteiger partial charge in [-0.3, -0.25) is 4.79 Å². The van der Waals surface area contributed by atoms with Gasteiger partial charge in [0.25, 0.3) is 0 Å². The first kappa shape index (κ1) is 21.1. The second-order valence-corrected chi connectivity index (χ2v) is 8.73. The lowest BCUT2D eigenvalue weighted by atomic mass is 9.66. The Morgan fingerprint density at radius 1 is 1.21 bits per heavy atom. The van der Waals surface area contributed by atoms with E-state index in [1.165, 1.54) is 0 Å². The molecule has 1 aliphatic carbocycles. The lowest BCUT2D eigenvalue weighted by Gasteiger charge is -2.36. The van der Waals surface area contributed by atoms with Crippen LogP contribution in [0.3, 0.4) is 0 Å². The number of halogens is 2. The second-order valence-electron chi connectivity index (χ2n) is 7.91. The summed E-state index contributed by atoms with van der Waals surface area (Å²) >= 11 is 12.3. The minimum Gasteiger partial charge on any atom is -0.491 e. The van der Waals surface area contributed by atoms with E-state index in [9.17, 15) is 9.90 Å². The molecule has 1 aliphatic rings. The number of likely N-dealkylation sites (N-methyl/N-ethyl adjacent to an activating group) is 1. The molecule has 2 atom stereocenters. The van der Waals surface area contributed by atoms with Crippen molar-refractivity contribution in [2.45, 2.75) is 32.3 Å². The van der Waals surface area contributed by atoms with Gasteiger partial charge in [0.1, 0.15) is 18.5 Å². The SMILES string of the molecule is CNCC(O)COc1ccc2c(c1)C(=O)C(C)(C)CC2c1ccc(Cl)c(Cl)c1. The van der Waals surface area contributed by atoms with Gasteiger partial charge in [0.2, 0.25) is 0 Å². The van der Waals surface area contributed by atoms with Gasteiger partial charge < -0.3 is 15.2 Å². The number of rotatable bonds is 6. The van der Waals surface area contributed by atoms with Gasteiger partial charge in [0.05, 0.1) is 10.0 Å². The first-order valence-corrected chi connectivity index (χ1v) is 10.1. The van der Waals surface area contributed by atoms with Crippen molar-refractivity contribution in [3.05, 3.63) is 63.1 Å². The fourth-order valence-electron chi connectivity index (χ4n) is 3.72. The highest BCUT2D eigenvalue weighted by Crippen LogP contribution is 2.46. The zero-order chi connectivity index (χ0) is 20.5. The normalized spacial score (nSPS) is 19.2. The summed E-state index contributed by atoms with van der Waals surface area (Å²) in [6.07, 6.45) is 0.0786. The maximum Gasteiger partial charge on any atom is 0.168 e. The lowest BCUT2D eigenvalue weighted by molar-refractivity contribution is 0.0800. The highest BCUT2D eigenvalue weighted by Gasteiger charge is 2.40. The van der Waals surface area contributed by atoms with Gasteiger partial charge in [0.15, 0.2) is 5.78 Å². The monoisotopic (exact) mass is 421 g/mol. The summed E-state index contributed by atoms with van der Waals surface area (Å²) in [6, 6.07) is 11.2. The number of hydrogen-bond acceptors (Lipinski definition) is 4. The first-order valence-electron chi connectivity index (χ1n) is 9.32. The minimum atomic E-state index is -0.614. The highest BCUT2D eigenvalue weighted by molar-refractivity contribution is 6.42. The molecule has 2 aromatic carbocycles. The van der Waals surface area contributed by atoms with Crippen LogP contribution in [0.4, 0.5) is 0 Å². The molecule has 0 heterocycles. The summed E-state index contributed by atoms with van der Waals surface area (Å²) in [5.41, 5.74) is 2.15. The van der Waals surface area contributed by atoms with Crippen molar-refractivity contribution < 1.29 is 14.6 Å². The lowest BCUT2D eigenvalue weighted by Crippen LogP contribution is -2.33. The zero-order valence-electron chi connectivity index (χ0n) is 16.3. The van der Waals surface area contributed by atoms with E-state index in [2.05, 4.69) is 5.32 Å². The number of hydrogen-bond donors (Lipinski definition) is 2. The third-order valence-corrected chi connectivity index (χ3v) is 5.94. The van der Waals surface area contributed by atoms with Crippen molar-refractivity contribution >= 4 is 29.0 Å². The number of ether oxygens (including phenoxy) is 1. The Hall–Kier alpha value is -1.59. The number of benzene rings is 2. The van der Waals surface area contributed by atoms with Crippen LogP contribution >= 0.6 is 23.2 Å². The smallest absolute Gasteiger partial charge is 0.168 e. The summed E-state index contributed by atoms with van der Waals surface area (Å²) in [7, 11) is 1.77. The molecule has 0 saturated carbocycles. The Labute approximate surface area is 175 Å². The summed E-state index contributed by atoms with van der Waals surface area (Å²) in [4.78, 5) is 13.1. The molecule has 0 amide bonds. The van der Waals surface area contributed by atoms with E-state index in [1.807, 2.05) is 38.1 Å². The number of nitrogens with one attached hydrogen (secondary N) is 1.